The zero-order valence-electron chi connectivity index (χ0n) is 34.5. The van der Waals surface area contributed by atoms with Crippen molar-refractivity contribution in [2.24, 2.45) is 0 Å². The van der Waals surface area contributed by atoms with Gasteiger partial charge in [-0.1, -0.05) is 125 Å². The Hall–Kier alpha value is -3.43. The van der Waals surface area contributed by atoms with Gasteiger partial charge in [0, 0.05) is 35.9 Å². The van der Waals surface area contributed by atoms with Crippen molar-refractivity contribution < 1.29 is 0 Å². The minimum atomic E-state index is 0.244. The number of thioether (sulfide) groups is 1. The summed E-state index contributed by atoms with van der Waals surface area (Å²) in [5, 5.41) is 3.91. The fourth-order valence-corrected chi connectivity index (χ4v) is 8.03. The molecule has 0 aromatic heterocycles. The van der Waals surface area contributed by atoms with Gasteiger partial charge in [0.2, 0.25) is 0 Å². The molecule has 0 bridgehead atoms. The first-order valence-corrected chi connectivity index (χ1v) is 20.8. The molecule has 0 saturated heterocycles. The summed E-state index contributed by atoms with van der Waals surface area (Å²) in [4.78, 5) is 2.15. The topological polar surface area (TPSA) is 15.3 Å². The highest BCUT2D eigenvalue weighted by Gasteiger charge is 2.25. The van der Waals surface area contributed by atoms with Crippen molar-refractivity contribution in [2.45, 2.75) is 136 Å². The lowest BCUT2D eigenvalue weighted by atomic mass is 9.80. The van der Waals surface area contributed by atoms with Crippen LogP contribution in [0, 0.1) is 6.92 Å². The van der Waals surface area contributed by atoms with Gasteiger partial charge in [0.25, 0.3) is 0 Å². The third kappa shape index (κ3) is 17.9. The lowest BCUT2D eigenvalue weighted by Gasteiger charge is -2.34. The van der Waals surface area contributed by atoms with E-state index in [1.54, 1.807) is 16.7 Å². The molecule has 0 amide bonds. The summed E-state index contributed by atoms with van der Waals surface area (Å²) in [5.41, 5.74) is 12.7. The number of aryl methyl sites for hydroxylation is 4. The molecule has 3 unspecified atom stereocenters. The number of nitrogens with one attached hydrogen (secondary N) is 1. The Morgan fingerprint density at radius 1 is 0.981 bits per heavy atom. The molecule has 0 spiro atoms. The van der Waals surface area contributed by atoms with Crippen molar-refractivity contribution in [3.63, 3.8) is 0 Å². The van der Waals surface area contributed by atoms with Crippen LogP contribution in [0.3, 0.4) is 0 Å². The first-order chi connectivity index (χ1) is 25.0. The lowest BCUT2D eigenvalue weighted by molar-refractivity contribution is 0.359. The van der Waals surface area contributed by atoms with Crippen LogP contribution < -0.4 is 5.32 Å². The fourth-order valence-electron chi connectivity index (χ4n) is 6.86. The van der Waals surface area contributed by atoms with E-state index in [4.69, 9.17) is 0 Å². The van der Waals surface area contributed by atoms with Crippen LogP contribution in [0.1, 0.15) is 127 Å². The molecular weight excluding hydrogens is 649 g/mol. The molecule has 286 valence electrons. The highest BCUT2D eigenvalue weighted by molar-refractivity contribution is 8.00. The number of benzene rings is 2. The van der Waals surface area contributed by atoms with Crippen LogP contribution >= 0.6 is 11.8 Å². The third-order valence-corrected chi connectivity index (χ3v) is 10.6. The molecule has 2 aromatic carbocycles. The quantitative estimate of drug-likeness (QED) is 0.164. The van der Waals surface area contributed by atoms with Gasteiger partial charge in [-0.25, -0.2) is 0 Å². The molecule has 2 aromatic rings. The van der Waals surface area contributed by atoms with Crippen molar-refractivity contribution in [1.29, 1.82) is 0 Å². The number of hydrogen-bond acceptors (Lipinski definition) is 3. The van der Waals surface area contributed by atoms with Crippen LogP contribution in [-0.2, 0) is 19.3 Å². The molecule has 2 aliphatic rings. The Bertz CT molecular complexity index is 1420. The average molecular weight is 723 g/mol. The van der Waals surface area contributed by atoms with Crippen molar-refractivity contribution in [3.05, 3.63) is 156 Å². The van der Waals surface area contributed by atoms with Gasteiger partial charge in [-0.15, -0.1) is 19.7 Å². The average Bonchev–Trinajstić information content (AvgIpc) is 3.11. The second kappa shape index (κ2) is 27.2. The van der Waals surface area contributed by atoms with Gasteiger partial charge in [0.15, 0.2) is 0 Å². The fraction of sp³-hybridized carbons (Fsp3) is 0.469. The van der Waals surface area contributed by atoms with Crippen molar-refractivity contribution in [2.75, 3.05) is 12.8 Å². The molecular formula is C49H74N2S. The molecule has 2 nitrogen and oxygen atoms in total. The van der Waals surface area contributed by atoms with Crippen LogP contribution in [0.4, 0.5) is 0 Å². The molecule has 3 atom stereocenters. The first kappa shape index (κ1) is 46.6. The van der Waals surface area contributed by atoms with E-state index in [9.17, 15) is 0 Å². The number of allylic oxidation sites excluding steroid dienone is 5. The van der Waals surface area contributed by atoms with Crippen molar-refractivity contribution >= 4 is 11.8 Å². The van der Waals surface area contributed by atoms with Gasteiger partial charge in [0.05, 0.1) is 6.04 Å². The standard InChI is InChI=1S/C34H50N2S.C9H12.C4H8.C2H4/c1-8-10-11-16-29-21-26(4)33(31-19-14-15-25(3)20-31)32(22-29)18-13-12-17-30-23-35-27(5)34(36(7)9-2)28(6)37-24-30;1-2-6-9-7-4-3-5-8-9;1-4(2)3;1-2/h9,12,17,20-23,28,31,34-35H,2,5,8,10-11,13-16,18-19,24H2,1,3-4,6-7H3;3-5,7-8H,2,6H2,1H3;1H2,2-3H3;1-2H2/b17-12+,30-23-;;;. The largest absolute Gasteiger partial charge is 0.371 e. The van der Waals surface area contributed by atoms with Crippen LogP contribution in [0.2, 0.25) is 0 Å². The van der Waals surface area contributed by atoms with Crippen LogP contribution in [0.15, 0.2) is 128 Å². The Kier molecular flexibility index (Phi) is 24.4. The summed E-state index contributed by atoms with van der Waals surface area (Å²) in [6.07, 6.45) is 24.9. The Balaban J connectivity index is 0.000000752. The van der Waals surface area contributed by atoms with Crippen LogP contribution in [-0.4, -0.2) is 29.0 Å². The Labute approximate surface area is 326 Å². The molecule has 0 fully saturated rings. The van der Waals surface area contributed by atoms with E-state index in [0.29, 0.717) is 11.2 Å². The molecule has 1 heterocycles. The Morgan fingerprint density at radius 2 is 1.67 bits per heavy atom. The number of rotatable bonds is 13. The van der Waals surface area contributed by atoms with E-state index in [-0.39, 0.29) is 6.04 Å². The normalized spacial score (nSPS) is 19.3. The van der Waals surface area contributed by atoms with E-state index in [2.05, 4.69) is 152 Å². The van der Waals surface area contributed by atoms with E-state index in [1.165, 1.54) is 85.6 Å². The predicted molar refractivity (Wildman–Crippen MR) is 238 cm³/mol. The zero-order chi connectivity index (χ0) is 38.9. The summed E-state index contributed by atoms with van der Waals surface area (Å²) in [6.45, 7) is 33.2. The molecule has 3 heteroatoms. The van der Waals surface area contributed by atoms with Gasteiger partial charge < -0.3 is 10.2 Å². The molecule has 0 saturated carbocycles. The molecule has 1 aliphatic heterocycles. The zero-order valence-corrected chi connectivity index (χ0v) is 35.4. The second-order valence-corrected chi connectivity index (χ2v) is 15.9. The monoisotopic (exact) mass is 723 g/mol. The van der Waals surface area contributed by atoms with Gasteiger partial charge in [0.1, 0.15) is 0 Å². The SMILES string of the molecule is C=C.C=C(C)C.C=CN(C)C1C(=C)N/C=C(/C=C/CCc2cc(CCCCC)cc(C)c2C2C=C(C)CCC2)CSC1C.CCCc1ccccc1. The lowest BCUT2D eigenvalue weighted by Crippen LogP contribution is -2.41. The number of unbranched alkanes of at least 4 members (excludes halogenated alkanes) is 2. The van der Waals surface area contributed by atoms with Gasteiger partial charge in [-0.2, -0.15) is 11.8 Å². The van der Waals surface area contributed by atoms with Crippen molar-refractivity contribution in [3.8, 4) is 0 Å². The number of nitrogens with zero attached hydrogens (tertiary/aromatic N) is 1. The molecule has 1 aliphatic carbocycles. The maximum absolute atomic E-state index is 4.30. The van der Waals surface area contributed by atoms with Crippen LogP contribution in [0.5, 0.6) is 0 Å². The summed E-state index contributed by atoms with van der Waals surface area (Å²) in [7, 11) is 2.08. The molecule has 52 heavy (non-hydrogen) atoms. The number of hydrogen-bond donors (Lipinski definition) is 1. The highest BCUT2D eigenvalue weighted by Crippen LogP contribution is 2.36. The van der Waals surface area contributed by atoms with E-state index in [0.717, 1.165) is 24.3 Å². The van der Waals surface area contributed by atoms with E-state index >= 15 is 0 Å². The van der Waals surface area contributed by atoms with Gasteiger partial charge in [-0.05, 0) is 119 Å². The third-order valence-electron chi connectivity index (χ3n) is 9.32. The summed E-state index contributed by atoms with van der Waals surface area (Å²) in [5.74, 6) is 1.59. The Morgan fingerprint density at radius 3 is 2.29 bits per heavy atom. The van der Waals surface area contributed by atoms with Crippen LogP contribution in [0.25, 0.3) is 0 Å². The number of likely N-dealkylation sites (N-methyl/N-ethyl adjacent to an activating group) is 1. The molecule has 0 radical (unpaired) electrons. The minimum absolute atomic E-state index is 0.244. The van der Waals surface area contributed by atoms with E-state index < -0.39 is 0 Å². The van der Waals surface area contributed by atoms with E-state index in [1.807, 2.05) is 31.8 Å². The van der Waals surface area contributed by atoms with Gasteiger partial charge in [-0.3, -0.25) is 0 Å². The van der Waals surface area contributed by atoms with Gasteiger partial charge >= 0.3 is 0 Å². The summed E-state index contributed by atoms with van der Waals surface area (Å²) < 4.78 is 0. The summed E-state index contributed by atoms with van der Waals surface area (Å²) >= 11 is 1.99. The first-order valence-electron chi connectivity index (χ1n) is 19.7. The smallest absolute Gasteiger partial charge is 0.0792 e. The maximum atomic E-state index is 4.30. The highest BCUT2D eigenvalue weighted by atomic mass is 32.2. The van der Waals surface area contributed by atoms with Crippen molar-refractivity contribution in [1.82, 2.24) is 10.2 Å². The maximum Gasteiger partial charge on any atom is 0.0792 e. The summed E-state index contributed by atoms with van der Waals surface area (Å²) in [6, 6.07) is 15.8. The molecule has 4 rings (SSSR count). The predicted octanol–water partition coefficient (Wildman–Crippen LogP) is 14.0. The minimum Gasteiger partial charge on any atom is -0.371 e. The molecule has 1 N–H and O–H groups in total. The second-order valence-electron chi connectivity index (χ2n) is 14.5.